The number of likely N-dealkylation sites (N-methyl/N-ethyl adjacent to an activating group) is 1. The molecule has 0 saturated carbocycles. The Morgan fingerprint density at radius 1 is 1.15 bits per heavy atom. The average molecular weight is 274 g/mol. The van der Waals surface area contributed by atoms with E-state index in [0.717, 1.165) is 24.0 Å². The maximum Gasteiger partial charge on any atom is 0.254 e. The van der Waals surface area contributed by atoms with Crippen LogP contribution in [-0.2, 0) is 4.79 Å². The molecule has 0 aromatic heterocycles. The van der Waals surface area contributed by atoms with Crippen molar-refractivity contribution in [1.29, 1.82) is 0 Å². The van der Waals surface area contributed by atoms with Gasteiger partial charge >= 0.3 is 0 Å². The van der Waals surface area contributed by atoms with E-state index in [4.69, 9.17) is 0 Å². The summed E-state index contributed by atoms with van der Waals surface area (Å²) in [5.41, 5.74) is 2.83. The lowest BCUT2D eigenvalue weighted by atomic mass is 10.1. The number of hydrogen-bond acceptors (Lipinski definition) is 2. The minimum atomic E-state index is -0.307. The third kappa shape index (κ3) is 2.84. The highest BCUT2D eigenvalue weighted by molar-refractivity contribution is 5.98. The lowest BCUT2D eigenvalue weighted by molar-refractivity contribution is -0.132. The van der Waals surface area contributed by atoms with Gasteiger partial charge in [-0.1, -0.05) is 17.2 Å². The quantitative estimate of drug-likeness (QED) is 0.827. The van der Waals surface area contributed by atoms with Crippen LogP contribution >= 0.6 is 0 Å². The lowest BCUT2D eigenvalue weighted by Gasteiger charge is -2.26. The second-order valence-electron chi connectivity index (χ2n) is 5.77. The fourth-order valence-corrected chi connectivity index (χ4v) is 2.83. The first-order valence-electron chi connectivity index (χ1n) is 7.00. The molecule has 4 heteroatoms. The zero-order valence-electron chi connectivity index (χ0n) is 12.6. The summed E-state index contributed by atoms with van der Waals surface area (Å²) in [5.74, 6) is -0.0188. The number of aryl methyl sites for hydroxylation is 2. The smallest absolute Gasteiger partial charge is 0.254 e. The van der Waals surface area contributed by atoms with Gasteiger partial charge in [-0.15, -0.1) is 0 Å². The fraction of sp³-hybridized carbons (Fsp3) is 0.500. The molecular formula is C16H22N2O2. The molecule has 0 aliphatic carbocycles. The number of carbonyl (C=O) groups is 2. The van der Waals surface area contributed by atoms with Gasteiger partial charge in [0.25, 0.3) is 5.91 Å². The van der Waals surface area contributed by atoms with Crippen molar-refractivity contribution in [2.45, 2.75) is 32.7 Å². The van der Waals surface area contributed by atoms with E-state index >= 15 is 0 Å². The van der Waals surface area contributed by atoms with Crippen LogP contribution in [0.3, 0.4) is 0 Å². The molecule has 1 unspecified atom stereocenters. The molecule has 1 atom stereocenters. The van der Waals surface area contributed by atoms with E-state index in [2.05, 4.69) is 0 Å². The van der Waals surface area contributed by atoms with Crippen LogP contribution in [0.25, 0.3) is 0 Å². The normalized spacial score (nSPS) is 18.2. The summed E-state index contributed by atoms with van der Waals surface area (Å²) in [4.78, 5) is 28.1. The van der Waals surface area contributed by atoms with Crippen molar-refractivity contribution in [3.05, 3.63) is 34.9 Å². The summed E-state index contributed by atoms with van der Waals surface area (Å²) in [6.07, 6.45) is 1.65. The van der Waals surface area contributed by atoms with E-state index in [0.29, 0.717) is 12.1 Å². The zero-order valence-corrected chi connectivity index (χ0v) is 12.6. The van der Waals surface area contributed by atoms with Gasteiger partial charge in [0, 0.05) is 26.2 Å². The number of benzene rings is 1. The summed E-state index contributed by atoms with van der Waals surface area (Å²) >= 11 is 0. The maximum atomic E-state index is 12.6. The number of carbonyl (C=O) groups excluding carboxylic acids is 2. The molecule has 1 aromatic rings. The topological polar surface area (TPSA) is 40.6 Å². The molecule has 1 aliphatic rings. The standard InChI is InChI=1S/C16H22N2O2/c1-11-8-12(2)10-13(9-11)15(19)18-7-5-6-14(18)16(20)17(3)4/h8-10,14H,5-7H2,1-4H3. The van der Waals surface area contributed by atoms with Gasteiger partial charge in [0.15, 0.2) is 0 Å². The van der Waals surface area contributed by atoms with Crippen molar-refractivity contribution in [1.82, 2.24) is 9.80 Å². The van der Waals surface area contributed by atoms with Crippen molar-refractivity contribution in [2.24, 2.45) is 0 Å². The van der Waals surface area contributed by atoms with Gasteiger partial charge in [-0.05, 0) is 38.8 Å². The van der Waals surface area contributed by atoms with Gasteiger partial charge in [0.05, 0.1) is 0 Å². The first-order valence-corrected chi connectivity index (χ1v) is 7.00. The molecule has 0 radical (unpaired) electrons. The first-order chi connectivity index (χ1) is 9.40. The summed E-state index contributed by atoms with van der Waals surface area (Å²) in [6, 6.07) is 5.53. The molecule has 2 rings (SSSR count). The van der Waals surface area contributed by atoms with Crippen LogP contribution in [0.4, 0.5) is 0 Å². The Labute approximate surface area is 120 Å². The molecule has 2 amide bonds. The van der Waals surface area contributed by atoms with Gasteiger partial charge in [-0.25, -0.2) is 0 Å². The monoisotopic (exact) mass is 274 g/mol. The number of hydrogen-bond donors (Lipinski definition) is 0. The molecular weight excluding hydrogens is 252 g/mol. The summed E-state index contributed by atoms with van der Waals surface area (Å²) in [7, 11) is 3.47. The highest BCUT2D eigenvalue weighted by Gasteiger charge is 2.35. The summed E-state index contributed by atoms with van der Waals surface area (Å²) in [6.45, 7) is 4.63. The Morgan fingerprint density at radius 3 is 2.30 bits per heavy atom. The van der Waals surface area contributed by atoms with Crippen LogP contribution in [0.5, 0.6) is 0 Å². The number of likely N-dealkylation sites (tertiary alicyclic amines) is 1. The molecule has 1 aliphatic heterocycles. The zero-order chi connectivity index (χ0) is 14.9. The Bertz CT molecular complexity index is 517. The SMILES string of the molecule is Cc1cc(C)cc(C(=O)N2CCCC2C(=O)N(C)C)c1. The Morgan fingerprint density at radius 2 is 1.75 bits per heavy atom. The third-order valence-corrected chi connectivity index (χ3v) is 3.71. The Balaban J connectivity index is 2.25. The van der Waals surface area contributed by atoms with E-state index in [-0.39, 0.29) is 17.9 Å². The molecule has 0 bridgehead atoms. The second kappa shape index (κ2) is 5.65. The molecule has 1 heterocycles. The fourth-order valence-electron chi connectivity index (χ4n) is 2.83. The summed E-state index contributed by atoms with van der Waals surface area (Å²) < 4.78 is 0. The number of nitrogens with zero attached hydrogens (tertiary/aromatic N) is 2. The molecule has 1 saturated heterocycles. The third-order valence-electron chi connectivity index (χ3n) is 3.71. The molecule has 20 heavy (non-hydrogen) atoms. The summed E-state index contributed by atoms with van der Waals surface area (Å²) in [5, 5.41) is 0. The van der Waals surface area contributed by atoms with E-state index in [9.17, 15) is 9.59 Å². The number of rotatable bonds is 2. The molecule has 0 N–H and O–H groups in total. The predicted octanol–water partition coefficient (Wildman–Crippen LogP) is 2.00. The Hall–Kier alpha value is -1.84. The van der Waals surface area contributed by atoms with E-state index in [1.807, 2.05) is 32.0 Å². The maximum absolute atomic E-state index is 12.6. The molecule has 4 nitrogen and oxygen atoms in total. The van der Waals surface area contributed by atoms with Crippen LogP contribution in [0.15, 0.2) is 18.2 Å². The minimum Gasteiger partial charge on any atom is -0.347 e. The van der Waals surface area contributed by atoms with Gasteiger partial charge in [0.2, 0.25) is 5.91 Å². The van der Waals surface area contributed by atoms with Crippen molar-refractivity contribution < 1.29 is 9.59 Å². The van der Waals surface area contributed by atoms with Crippen LogP contribution in [-0.4, -0.2) is 48.3 Å². The highest BCUT2D eigenvalue weighted by atomic mass is 16.2. The van der Waals surface area contributed by atoms with Crippen molar-refractivity contribution >= 4 is 11.8 Å². The van der Waals surface area contributed by atoms with Crippen molar-refractivity contribution in [3.8, 4) is 0 Å². The second-order valence-corrected chi connectivity index (χ2v) is 5.77. The minimum absolute atomic E-state index is 0.0141. The van der Waals surface area contributed by atoms with Crippen molar-refractivity contribution in [2.75, 3.05) is 20.6 Å². The lowest BCUT2D eigenvalue weighted by Crippen LogP contribution is -2.45. The van der Waals surface area contributed by atoms with Crippen LogP contribution in [0.1, 0.15) is 34.3 Å². The van der Waals surface area contributed by atoms with E-state index in [1.165, 1.54) is 0 Å². The van der Waals surface area contributed by atoms with Gasteiger partial charge < -0.3 is 9.80 Å². The largest absolute Gasteiger partial charge is 0.347 e. The van der Waals surface area contributed by atoms with Gasteiger partial charge in [0.1, 0.15) is 6.04 Å². The molecule has 0 spiro atoms. The first kappa shape index (κ1) is 14.6. The van der Waals surface area contributed by atoms with E-state index < -0.39 is 0 Å². The number of amides is 2. The Kier molecular flexibility index (Phi) is 4.12. The van der Waals surface area contributed by atoms with Gasteiger partial charge in [-0.2, -0.15) is 0 Å². The van der Waals surface area contributed by atoms with E-state index in [1.54, 1.807) is 23.9 Å². The van der Waals surface area contributed by atoms with Crippen LogP contribution in [0.2, 0.25) is 0 Å². The van der Waals surface area contributed by atoms with Crippen LogP contribution in [0, 0.1) is 13.8 Å². The molecule has 1 fully saturated rings. The highest BCUT2D eigenvalue weighted by Crippen LogP contribution is 2.22. The average Bonchev–Trinajstić information content (AvgIpc) is 2.84. The molecule has 108 valence electrons. The van der Waals surface area contributed by atoms with Gasteiger partial charge in [-0.3, -0.25) is 9.59 Å². The molecule has 1 aromatic carbocycles. The predicted molar refractivity (Wildman–Crippen MR) is 78.7 cm³/mol. The van der Waals surface area contributed by atoms with Crippen molar-refractivity contribution in [3.63, 3.8) is 0 Å². The van der Waals surface area contributed by atoms with Crippen LogP contribution < -0.4 is 0 Å².